The first-order valence-electron chi connectivity index (χ1n) is 6.52. The molecule has 0 aromatic heterocycles. The molecule has 0 aliphatic heterocycles. The molecule has 0 atom stereocenters. The normalized spacial score (nSPS) is 11.3. The summed E-state index contributed by atoms with van der Waals surface area (Å²) >= 11 is 0. The predicted molar refractivity (Wildman–Crippen MR) is 74.7 cm³/mol. The van der Waals surface area contributed by atoms with Gasteiger partial charge in [-0.05, 0) is 43.6 Å². The Morgan fingerprint density at radius 2 is 2.06 bits per heavy atom. The van der Waals surface area contributed by atoms with E-state index in [1.807, 2.05) is 18.2 Å². The molecular weight excluding hydrogens is 226 g/mol. The van der Waals surface area contributed by atoms with E-state index in [0.29, 0.717) is 0 Å². The van der Waals surface area contributed by atoms with Gasteiger partial charge in [0.15, 0.2) is 0 Å². The number of hydrogen-bond donors (Lipinski definition) is 1. The number of rotatable bonds is 7. The summed E-state index contributed by atoms with van der Waals surface area (Å²) in [5.74, 6) is 1.61. The highest BCUT2D eigenvalue weighted by atomic mass is 16.5. The van der Waals surface area contributed by atoms with Crippen molar-refractivity contribution in [3.8, 4) is 5.75 Å². The molecular formula is C15H25NO2. The SMILES string of the molecule is COc1ccc(CO)cc1CN(C)CCC(C)C. The lowest BCUT2D eigenvalue weighted by Crippen LogP contribution is -2.20. The monoisotopic (exact) mass is 251 g/mol. The summed E-state index contributed by atoms with van der Waals surface area (Å²) in [5, 5.41) is 9.18. The van der Waals surface area contributed by atoms with Gasteiger partial charge in [0.1, 0.15) is 5.75 Å². The molecule has 1 aromatic rings. The summed E-state index contributed by atoms with van der Waals surface area (Å²) < 4.78 is 5.36. The summed E-state index contributed by atoms with van der Waals surface area (Å²) in [6.45, 7) is 6.47. The Hall–Kier alpha value is -1.06. The predicted octanol–water partition coefficient (Wildman–Crippen LogP) is 2.67. The molecule has 1 aromatic carbocycles. The minimum atomic E-state index is 0.0761. The zero-order valence-electron chi connectivity index (χ0n) is 11.9. The Balaban J connectivity index is 2.69. The summed E-state index contributed by atoms with van der Waals surface area (Å²) in [7, 11) is 3.80. The second kappa shape index (κ2) is 7.39. The van der Waals surface area contributed by atoms with Crippen molar-refractivity contribution in [2.75, 3.05) is 20.7 Å². The second-order valence-corrected chi connectivity index (χ2v) is 5.22. The number of hydrogen-bond acceptors (Lipinski definition) is 3. The molecule has 0 amide bonds. The molecule has 0 saturated carbocycles. The first-order valence-corrected chi connectivity index (χ1v) is 6.52. The zero-order chi connectivity index (χ0) is 13.5. The van der Waals surface area contributed by atoms with Gasteiger partial charge in [0.05, 0.1) is 13.7 Å². The maximum atomic E-state index is 9.18. The van der Waals surface area contributed by atoms with Gasteiger partial charge in [0.25, 0.3) is 0 Å². The van der Waals surface area contributed by atoms with Gasteiger partial charge in [-0.15, -0.1) is 0 Å². The molecule has 1 rings (SSSR count). The maximum Gasteiger partial charge on any atom is 0.123 e. The van der Waals surface area contributed by atoms with Crippen molar-refractivity contribution < 1.29 is 9.84 Å². The van der Waals surface area contributed by atoms with Gasteiger partial charge in [-0.2, -0.15) is 0 Å². The molecule has 0 spiro atoms. The minimum absolute atomic E-state index is 0.0761. The quantitative estimate of drug-likeness (QED) is 0.808. The highest BCUT2D eigenvalue weighted by Crippen LogP contribution is 2.21. The third-order valence-electron chi connectivity index (χ3n) is 3.06. The maximum absolute atomic E-state index is 9.18. The van der Waals surface area contributed by atoms with Crippen molar-refractivity contribution in [2.45, 2.75) is 33.4 Å². The van der Waals surface area contributed by atoms with Crippen LogP contribution in [0.5, 0.6) is 5.75 Å². The van der Waals surface area contributed by atoms with E-state index in [2.05, 4.69) is 25.8 Å². The molecule has 1 N–H and O–H groups in total. The molecule has 18 heavy (non-hydrogen) atoms. The van der Waals surface area contributed by atoms with Crippen molar-refractivity contribution in [3.05, 3.63) is 29.3 Å². The summed E-state index contributed by atoms with van der Waals surface area (Å²) in [6.07, 6.45) is 1.19. The second-order valence-electron chi connectivity index (χ2n) is 5.22. The van der Waals surface area contributed by atoms with E-state index in [9.17, 15) is 5.11 Å². The molecule has 102 valence electrons. The van der Waals surface area contributed by atoms with Crippen LogP contribution in [0, 0.1) is 5.92 Å². The Morgan fingerprint density at radius 1 is 1.33 bits per heavy atom. The van der Waals surface area contributed by atoms with E-state index in [0.717, 1.165) is 35.9 Å². The van der Waals surface area contributed by atoms with Gasteiger partial charge in [0, 0.05) is 12.1 Å². The zero-order valence-corrected chi connectivity index (χ0v) is 11.9. The third-order valence-corrected chi connectivity index (χ3v) is 3.06. The molecule has 0 aliphatic carbocycles. The van der Waals surface area contributed by atoms with E-state index in [4.69, 9.17) is 4.74 Å². The fourth-order valence-corrected chi connectivity index (χ4v) is 1.90. The van der Waals surface area contributed by atoms with Gasteiger partial charge < -0.3 is 14.7 Å². The van der Waals surface area contributed by atoms with Crippen LogP contribution >= 0.6 is 0 Å². The number of methoxy groups -OCH3 is 1. The van der Waals surface area contributed by atoms with Crippen molar-refractivity contribution in [1.82, 2.24) is 4.90 Å². The van der Waals surface area contributed by atoms with Gasteiger partial charge in [-0.25, -0.2) is 0 Å². The Kier molecular flexibility index (Phi) is 6.16. The Labute approximate surface area is 110 Å². The van der Waals surface area contributed by atoms with Crippen molar-refractivity contribution in [3.63, 3.8) is 0 Å². The van der Waals surface area contributed by atoms with Crippen LogP contribution in [0.1, 0.15) is 31.4 Å². The average Bonchev–Trinajstić information content (AvgIpc) is 2.36. The molecule has 0 heterocycles. The lowest BCUT2D eigenvalue weighted by atomic mass is 10.1. The van der Waals surface area contributed by atoms with Crippen molar-refractivity contribution in [1.29, 1.82) is 0 Å². The van der Waals surface area contributed by atoms with Crippen LogP contribution in [0.4, 0.5) is 0 Å². The van der Waals surface area contributed by atoms with E-state index < -0.39 is 0 Å². The largest absolute Gasteiger partial charge is 0.496 e. The fourth-order valence-electron chi connectivity index (χ4n) is 1.90. The lowest BCUT2D eigenvalue weighted by molar-refractivity contribution is 0.279. The van der Waals surface area contributed by atoms with Crippen LogP contribution in [-0.4, -0.2) is 30.7 Å². The number of nitrogens with zero attached hydrogens (tertiary/aromatic N) is 1. The van der Waals surface area contributed by atoms with Gasteiger partial charge >= 0.3 is 0 Å². The van der Waals surface area contributed by atoms with Crippen LogP contribution in [-0.2, 0) is 13.2 Å². The minimum Gasteiger partial charge on any atom is -0.496 e. The van der Waals surface area contributed by atoms with E-state index in [-0.39, 0.29) is 6.61 Å². The van der Waals surface area contributed by atoms with E-state index in [1.54, 1.807) is 7.11 Å². The van der Waals surface area contributed by atoms with Gasteiger partial charge in [0.2, 0.25) is 0 Å². The number of ether oxygens (including phenoxy) is 1. The van der Waals surface area contributed by atoms with Gasteiger partial charge in [-0.3, -0.25) is 0 Å². The first-order chi connectivity index (χ1) is 8.56. The smallest absolute Gasteiger partial charge is 0.123 e. The Bertz CT molecular complexity index is 364. The average molecular weight is 251 g/mol. The van der Waals surface area contributed by atoms with Crippen molar-refractivity contribution in [2.24, 2.45) is 5.92 Å². The molecule has 0 aliphatic rings. The third kappa shape index (κ3) is 4.67. The number of benzene rings is 1. The highest BCUT2D eigenvalue weighted by molar-refractivity contribution is 5.37. The fraction of sp³-hybridized carbons (Fsp3) is 0.600. The first kappa shape index (κ1) is 15.0. The molecule has 0 bridgehead atoms. The van der Waals surface area contributed by atoms with Crippen LogP contribution in [0.15, 0.2) is 18.2 Å². The summed E-state index contributed by atoms with van der Waals surface area (Å²) in [5.41, 5.74) is 2.07. The molecule has 3 nitrogen and oxygen atoms in total. The van der Waals surface area contributed by atoms with Crippen molar-refractivity contribution >= 4 is 0 Å². The highest BCUT2D eigenvalue weighted by Gasteiger charge is 2.08. The topological polar surface area (TPSA) is 32.7 Å². The standard InChI is InChI=1S/C15H25NO2/c1-12(2)7-8-16(3)10-14-9-13(11-17)5-6-15(14)18-4/h5-6,9,12,17H,7-8,10-11H2,1-4H3. The van der Waals surface area contributed by atoms with Crippen LogP contribution in [0.2, 0.25) is 0 Å². The van der Waals surface area contributed by atoms with Gasteiger partial charge in [-0.1, -0.05) is 19.9 Å². The van der Waals surface area contributed by atoms with E-state index in [1.165, 1.54) is 6.42 Å². The lowest BCUT2D eigenvalue weighted by Gasteiger charge is -2.19. The van der Waals surface area contributed by atoms with E-state index >= 15 is 0 Å². The molecule has 0 radical (unpaired) electrons. The molecule has 0 saturated heterocycles. The molecule has 0 fully saturated rings. The van der Waals surface area contributed by atoms with Crippen LogP contribution in [0.3, 0.4) is 0 Å². The summed E-state index contributed by atoms with van der Waals surface area (Å²) in [6, 6.07) is 5.85. The molecule has 0 unspecified atom stereocenters. The molecule has 3 heteroatoms. The number of aliphatic hydroxyl groups excluding tert-OH is 1. The van der Waals surface area contributed by atoms with Crippen LogP contribution < -0.4 is 4.74 Å². The summed E-state index contributed by atoms with van der Waals surface area (Å²) in [4.78, 5) is 2.29. The number of aliphatic hydroxyl groups is 1. The Morgan fingerprint density at radius 3 is 2.61 bits per heavy atom. The van der Waals surface area contributed by atoms with Crippen LogP contribution in [0.25, 0.3) is 0 Å².